The second kappa shape index (κ2) is 4.65. The molecule has 0 saturated heterocycles. The maximum absolute atomic E-state index is 5.85. The molecule has 0 heterocycles. The van der Waals surface area contributed by atoms with Gasteiger partial charge in [0.15, 0.2) is 0 Å². The lowest BCUT2D eigenvalue weighted by Crippen LogP contribution is -2.30. The Balaban J connectivity index is 2.31. The molecule has 84 valence electrons. The molecule has 0 spiro atoms. The van der Waals surface area contributed by atoms with Crippen LogP contribution in [0.4, 0.5) is 0 Å². The first-order valence-corrected chi connectivity index (χ1v) is 6.05. The molecule has 1 heteroatoms. The van der Waals surface area contributed by atoms with Crippen LogP contribution in [0.5, 0.6) is 0 Å². The topological polar surface area (TPSA) is 9.23 Å². The van der Waals surface area contributed by atoms with Crippen LogP contribution in [0, 0.1) is 11.3 Å². The second-order valence-electron chi connectivity index (χ2n) is 6.02. The monoisotopic (exact) mass is 198 g/mol. The van der Waals surface area contributed by atoms with Crippen LogP contribution in [0.3, 0.4) is 0 Å². The number of hydrogen-bond donors (Lipinski definition) is 0. The maximum Gasteiger partial charge on any atom is 0.0578 e. The highest BCUT2D eigenvalue weighted by Crippen LogP contribution is 2.38. The van der Waals surface area contributed by atoms with Crippen molar-refractivity contribution < 1.29 is 4.74 Å². The molecule has 0 radical (unpaired) electrons. The molecule has 14 heavy (non-hydrogen) atoms. The van der Waals surface area contributed by atoms with E-state index in [-0.39, 0.29) is 0 Å². The van der Waals surface area contributed by atoms with Crippen molar-refractivity contribution >= 4 is 0 Å². The molecular weight excluding hydrogens is 172 g/mol. The lowest BCUT2D eigenvalue weighted by atomic mass is 9.72. The molecular formula is C13H26O. The molecule has 0 atom stereocenters. The molecule has 0 aliphatic heterocycles. The Kier molecular flexibility index (Phi) is 4.00. The summed E-state index contributed by atoms with van der Waals surface area (Å²) in [5.74, 6) is 0.898. The summed E-state index contributed by atoms with van der Waals surface area (Å²) in [4.78, 5) is 0. The predicted octanol–water partition coefficient (Wildman–Crippen LogP) is 4.02. The first-order chi connectivity index (χ1) is 6.39. The van der Waals surface area contributed by atoms with Gasteiger partial charge in [0.1, 0.15) is 0 Å². The van der Waals surface area contributed by atoms with Crippen molar-refractivity contribution in [3.8, 4) is 0 Å². The summed E-state index contributed by atoms with van der Waals surface area (Å²) >= 11 is 0. The molecule has 1 fully saturated rings. The Hall–Kier alpha value is -0.0400. The smallest absolute Gasteiger partial charge is 0.0578 e. The molecule has 1 aliphatic rings. The fraction of sp³-hybridized carbons (Fsp3) is 1.00. The van der Waals surface area contributed by atoms with Gasteiger partial charge in [-0.25, -0.2) is 0 Å². The molecule has 0 aromatic carbocycles. The molecule has 0 aromatic heterocycles. The molecule has 0 aromatic rings. The van der Waals surface area contributed by atoms with Gasteiger partial charge in [-0.2, -0.15) is 0 Å². The summed E-state index contributed by atoms with van der Waals surface area (Å²) in [6.07, 6.45) is 6.15. The molecule has 0 bridgehead atoms. The summed E-state index contributed by atoms with van der Waals surface area (Å²) < 4.78 is 5.85. The fourth-order valence-corrected chi connectivity index (χ4v) is 2.45. The quantitative estimate of drug-likeness (QED) is 0.651. The number of hydrogen-bond acceptors (Lipinski definition) is 1. The summed E-state index contributed by atoms with van der Waals surface area (Å²) in [6.45, 7) is 11.4. The molecule has 1 saturated carbocycles. The minimum atomic E-state index is 0.395. The van der Waals surface area contributed by atoms with Gasteiger partial charge in [-0.05, 0) is 50.9 Å². The average Bonchev–Trinajstić information content (AvgIpc) is 2.02. The van der Waals surface area contributed by atoms with Gasteiger partial charge < -0.3 is 4.74 Å². The first-order valence-electron chi connectivity index (χ1n) is 6.05. The van der Waals surface area contributed by atoms with E-state index in [2.05, 4.69) is 34.6 Å². The van der Waals surface area contributed by atoms with E-state index in [9.17, 15) is 0 Å². The lowest BCUT2D eigenvalue weighted by molar-refractivity contribution is -0.0292. The van der Waals surface area contributed by atoms with Crippen LogP contribution in [-0.2, 0) is 4.74 Å². The van der Waals surface area contributed by atoms with Crippen molar-refractivity contribution in [2.24, 2.45) is 11.3 Å². The third-order valence-electron chi connectivity index (χ3n) is 3.36. The van der Waals surface area contributed by atoms with Gasteiger partial charge in [0.05, 0.1) is 12.2 Å². The van der Waals surface area contributed by atoms with E-state index in [0.29, 0.717) is 17.6 Å². The Morgan fingerprint density at radius 3 is 1.86 bits per heavy atom. The highest BCUT2D eigenvalue weighted by atomic mass is 16.5. The Labute approximate surface area is 89.2 Å². The van der Waals surface area contributed by atoms with Crippen molar-refractivity contribution in [2.75, 3.05) is 0 Å². The standard InChI is InChI=1S/C13H26O/c1-10(2)14-12-8-6-11(7-9-12)13(3,4)5/h10-12H,6-9H2,1-5H3/t11-,12-. The Morgan fingerprint density at radius 2 is 1.50 bits per heavy atom. The van der Waals surface area contributed by atoms with Crippen molar-refractivity contribution in [1.29, 1.82) is 0 Å². The summed E-state index contributed by atoms with van der Waals surface area (Å²) in [6, 6.07) is 0. The van der Waals surface area contributed by atoms with Crippen LogP contribution in [0.1, 0.15) is 60.3 Å². The van der Waals surface area contributed by atoms with Gasteiger partial charge in [0, 0.05) is 0 Å². The summed E-state index contributed by atoms with van der Waals surface area (Å²) in [5.41, 5.74) is 0.489. The number of ether oxygens (including phenoxy) is 1. The van der Waals surface area contributed by atoms with E-state index in [1.807, 2.05) is 0 Å². The average molecular weight is 198 g/mol. The van der Waals surface area contributed by atoms with Crippen LogP contribution in [0.15, 0.2) is 0 Å². The van der Waals surface area contributed by atoms with E-state index in [0.717, 1.165) is 5.92 Å². The van der Waals surface area contributed by atoms with E-state index in [4.69, 9.17) is 4.74 Å². The second-order valence-corrected chi connectivity index (χ2v) is 6.02. The van der Waals surface area contributed by atoms with Crippen molar-refractivity contribution in [3.63, 3.8) is 0 Å². The van der Waals surface area contributed by atoms with E-state index in [1.165, 1.54) is 25.7 Å². The summed E-state index contributed by atoms with van der Waals surface area (Å²) in [5, 5.41) is 0. The van der Waals surface area contributed by atoms with Gasteiger partial charge in [-0.15, -0.1) is 0 Å². The third-order valence-corrected chi connectivity index (χ3v) is 3.36. The Bertz CT molecular complexity index is 159. The molecule has 0 amide bonds. The first kappa shape index (κ1) is 12.0. The van der Waals surface area contributed by atoms with E-state index in [1.54, 1.807) is 0 Å². The van der Waals surface area contributed by atoms with Crippen LogP contribution in [-0.4, -0.2) is 12.2 Å². The largest absolute Gasteiger partial charge is 0.376 e. The zero-order valence-electron chi connectivity index (χ0n) is 10.5. The molecule has 1 rings (SSSR count). The zero-order valence-corrected chi connectivity index (χ0v) is 10.5. The van der Waals surface area contributed by atoms with Crippen LogP contribution >= 0.6 is 0 Å². The molecule has 0 unspecified atom stereocenters. The van der Waals surface area contributed by atoms with E-state index < -0.39 is 0 Å². The minimum Gasteiger partial charge on any atom is -0.376 e. The van der Waals surface area contributed by atoms with Gasteiger partial charge >= 0.3 is 0 Å². The lowest BCUT2D eigenvalue weighted by Gasteiger charge is -2.37. The Morgan fingerprint density at radius 1 is 1.00 bits per heavy atom. The SMILES string of the molecule is CC(C)O[C@H]1CC[C@H](C(C)(C)C)CC1. The molecule has 1 aliphatic carbocycles. The molecule has 0 N–H and O–H groups in total. The van der Waals surface area contributed by atoms with Crippen molar-refractivity contribution in [3.05, 3.63) is 0 Å². The zero-order chi connectivity index (χ0) is 10.8. The summed E-state index contributed by atoms with van der Waals surface area (Å²) in [7, 11) is 0. The highest BCUT2D eigenvalue weighted by molar-refractivity contribution is 4.80. The highest BCUT2D eigenvalue weighted by Gasteiger charge is 2.30. The number of rotatable bonds is 2. The van der Waals surface area contributed by atoms with Crippen molar-refractivity contribution in [1.82, 2.24) is 0 Å². The van der Waals surface area contributed by atoms with Crippen molar-refractivity contribution in [2.45, 2.75) is 72.5 Å². The maximum atomic E-state index is 5.85. The van der Waals surface area contributed by atoms with Gasteiger partial charge in [0.2, 0.25) is 0 Å². The van der Waals surface area contributed by atoms with Gasteiger partial charge in [0.25, 0.3) is 0 Å². The minimum absolute atomic E-state index is 0.395. The normalized spacial score (nSPS) is 29.6. The van der Waals surface area contributed by atoms with Gasteiger partial charge in [-0.1, -0.05) is 20.8 Å². The van der Waals surface area contributed by atoms with Gasteiger partial charge in [-0.3, -0.25) is 0 Å². The van der Waals surface area contributed by atoms with Crippen LogP contribution in [0.25, 0.3) is 0 Å². The van der Waals surface area contributed by atoms with E-state index >= 15 is 0 Å². The predicted molar refractivity (Wildman–Crippen MR) is 61.4 cm³/mol. The van der Waals surface area contributed by atoms with Crippen LogP contribution < -0.4 is 0 Å². The third kappa shape index (κ3) is 3.61. The molecule has 1 nitrogen and oxygen atoms in total. The fourth-order valence-electron chi connectivity index (χ4n) is 2.45. The van der Waals surface area contributed by atoms with Crippen LogP contribution in [0.2, 0.25) is 0 Å².